The van der Waals surface area contributed by atoms with Crippen LogP contribution < -0.4 is 0 Å². The summed E-state index contributed by atoms with van der Waals surface area (Å²) in [6.45, 7) is 2.85. The molecule has 1 aromatic carbocycles. The molecule has 1 amide bonds. The zero-order valence-electron chi connectivity index (χ0n) is 16.6. The van der Waals surface area contributed by atoms with Crippen molar-refractivity contribution in [1.82, 2.24) is 14.7 Å². The van der Waals surface area contributed by atoms with Crippen LogP contribution in [0.1, 0.15) is 25.8 Å². The van der Waals surface area contributed by atoms with E-state index in [1.165, 1.54) is 21.8 Å². The molecule has 0 atom stereocenters. The van der Waals surface area contributed by atoms with Crippen molar-refractivity contribution in [3.8, 4) is 5.69 Å². The first-order chi connectivity index (χ1) is 15.0. The van der Waals surface area contributed by atoms with Crippen LogP contribution in [0.5, 0.6) is 0 Å². The average Bonchev–Trinajstić information content (AvgIpc) is 3.48. The number of amides is 1. The zero-order valence-corrected chi connectivity index (χ0v) is 19.0. The van der Waals surface area contributed by atoms with Gasteiger partial charge in [0.05, 0.1) is 16.4 Å². The lowest BCUT2D eigenvalue weighted by Gasteiger charge is -2.26. The van der Waals surface area contributed by atoms with Crippen LogP contribution in [0.15, 0.2) is 41.8 Å². The third-order valence-electron chi connectivity index (χ3n) is 5.31. The molecule has 0 radical (unpaired) electrons. The number of halogens is 1. The fraction of sp³-hybridized carbons (Fsp3) is 0.227. The molecule has 0 bridgehead atoms. The van der Waals surface area contributed by atoms with Crippen LogP contribution in [0.2, 0.25) is 5.02 Å². The van der Waals surface area contributed by atoms with Crippen LogP contribution >= 0.6 is 34.3 Å². The number of ether oxygens (including phenoxy) is 1. The topological polar surface area (TPSA) is 64.4 Å². The number of carbonyl (C=O) groups excluding carboxylic acids is 2. The molecule has 0 saturated heterocycles. The van der Waals surface area contributed by atoms with E-state index in [0.717, 1.165) is 28.0 Å². The molecule has 0 N–H and O–H groups in total. The van der Waals surface area contributed by atoms with Gasteiger partial charge in [-0.2, -0.15) is 5.10 Å². The highest BCUT2D eigenvalue weighted by Gasteiger charge is 2.24. The van der Waals surface area contributed by atoms with Gasteiger partial charge in [0.1, 0.15) is 9.71 Å². The predicted molar refractivity (Wildman–Crippen MR) is 122 cm³/mol. The summed E-state index contributed by atoms with van der Waals surface area (Å²) in [7, 11) is 0. The number of rotatable bonds is 4. The molecule has 6 nitrogen and oxygen atoms in total. The molecule has 158 valence electrons. The molecule has 0 aliphatic carbocycles. The van der Waals surface area contributed by atoms with Gasteiger partial charge in [-0.3, -0.25) is 4.79 Å². The Bertz CT molecular complexity index is 1310. The van der Waals surface area contributed by atoms with E-state index < -0.39 is 5.97 Å². The summed E-state index contributed by atoms with van der Waals surface area (Å²) >= 11 is 9.33. The largest absolute Gasteiger partial charge is 0.451 e. The number of fused-ring (bicyclic) bond motifs is 2. The van der Waals surface area contributed by atoms with Crippen molar-refractivity contribution in [1.29, 1.82) is 0 Å². The molecular weight excluding hydrogens is 454 g/mol. The highest BCUT2D eigenvalue weighted by molar-refractivity contribution is 7.20. The van der Waals surface area contributed by atoms with Crippen molar-refractivity contribution in [3.05, 3.63) is 67.8 Å². The van der Waals surface area contributed by atoms with Crippen molar-refractivity contribution in [2.45, 2.75) is 19.9 Å². The minimum Gasteiger partial charge on any atom is -0.451 e. The average molecular weight is 472 g/mol. The second kappa shape index (κ2) is 8.11. The third kappa shape index (κ3) is 3.75. The first-order valence-corrected chi connectivity index (χ1v) is 11.8. The molecule has 4 aromatic rings. The number of aromatic nitrogens is 2. The number of hydrogen-bond donors (Lipinski definition) is 0. The van der Waals surface area contributed by atoms with Crippen LogP contribution in [0.4, 0.5) is 0 Å². The Morgan fingerprint density at radius 1 is 1.26 bits per heavy atom. The lowest BCUT2D eigenvalue weighted by molar-refractivity contribution is -0.135. The number of benzene rings is 1. The Balaban J connectivity index is 1.31. The number of nitrogens with zero attached hydrogens (tertiary/aromatic N) is 3. The quantitative estimate of drug-likeness (QED) is 0.399. The normalized spacial score (nSPS) is 13.4. The number of hydrogen-bond acceptors (Lipinski definition) is 6. The van der Waals surface area contributed by atoms with Crippen molar-refractivity contribution >= 4 is 56.4 Å². The first kappa shape index (κ1) is 20.2. The standard InChI is InChI=1S/C22H18ClN3O3S2/c1-13-15-10-19(31-21(15)26(24-13)17-5-3-2-4-16(17)23)22(28)29-12-20(27)25-8-6-18-14(11-25)7-9-30-18/h2-5,7,9-10H,6,8,11-12H2,1H3. The second-order valence-electron chi connectivity index (χ2n) is 7.29. The molecule has 1 aliphatic rings. The Hall–Kier alpha value is -2.68. The molecule has 3 aromatic heterocycles. The van der Waals surface area contributed by atoms with Crippen LogP contribution in [-0.4, -0.2) is 39.7 Å². The monoisotopic (exact) mass is 471 g/mol. The highest BCUT2D eigenvalue weighted by Crippen LogP contribution is 2.32. The zero-order chi connectivity index (χ0) is 21.5. The fourth-order valence-corrected chi connectivity index (χ4v) is 5.86. The van der Waals surface area contributed by atoms with Gasteiger partial charge in [-0.15, -0.1) is 22.7 Å². The van der Waals surface area contributed by atoms with Crippen molar-refractivity contribution in [3.63, 3.8) is 0 Å². The van der Waals surface area contributed by atoms with Crippen LogP contribution in [0.3, 0.4) is 0 Å². The summed E-state index contributed by atoms with van der Waals surface area (Å²) in [4.78, 5) is 29.5. The third-order valence-corrected chi connectivity index (χ3v) is 7.75. The van der Waals surface area contributed by atoms with E-state index in [1.807, 2.05) is 36.6 Å². The van der Waals surface area contributed by atoms with Gasteiger partial charge in [-0.25, -0.2) is 9.48 Å². The predicted octanol–water partition coefficient (Wildman–Crippen LogP) is 4.85. The maximum Gasteiger partial charge on any atom is 0.348 e. The minimum absolute atomic E-state index is 0.176. The lowest BCUT2D eigenvalue weighted by atomic mass is 10.1. The van der Waals surface area contributed by atoms with Crippen molar-refractivity contribution < 1.29 is 14.3 Å². The SMILES string of the molecule is Cc1nn(-c2ccccc2Cl)c2sc(C(=O)OCC(=O)N3CCc4sccc4C3)cc12. The van der Waals surface area contributed by atoms with Gasteiger partial charge >= 0.3 is 5.97 Å². The van der Waals surface area contributed by atoms with Gasteiger partial charge in [0.25, 0.3) is 5.91 Å². The maximum absolute atomic E-state index is 12.6. The van der Waals surface area contributed by atoms with E-state index in [4.69, 9.17) is 16.3 Å². The molecule has 31 heavy (non-hydrogen) atoms. The van der Waals surface area contributed by atoms with Gasteiger partial charge in [0.15, 0.2) is 6.61 Å². The van der Waals surface area contributed by atoms with Crippen LogP contribution in [0, 0.1) is 6.92 Å². The number of aryl methyl sites for hydroxylation is 1. The smallest absolute Gasteiger partial charge is 0.348 e. The van der Waals surface area contributed by atoms with Gasteiger partial charge < -0.3 is 9.64 Å². The number of esters is 1. The van der Waals surface area contributed by atoms with Crippen LogP contribution in [-0.2, 0) is 22.5 Å². The number of thiophene rings is 2. The maximum atomic E-state index is 12.6. The molecule has 0 spiro atoms. The van der Waals surface area contributed by atoms with Crippen molar-refractivity contribution in [2.24, 2.45) is 0 Å². The van der Waals surface area contributed by atoms with Gasteiger partial charge in [-0.05, 0) is 48.6 Å². The van der Waals surface area contributed by atoms with Gasteiger partial charge in [0, 0.05) is 23.4 Å². The molecular formula is C22H18ClN3O3S2. The molecule has 0 unspecified atom stereocenters. The molecule has 4 heterocycles. The highest BCUT2D eigenvalue weighted by atomic mass is 35.5. The Morgan fingerprint density at radius 3 is 2.94 bits per heavy atom. The summed E-state index contributed by atoms with van der Waals surface area (Å²) in [6.07, 6.45) is 0.848. The first-order valence-electron chi connectivity index (χ1n) is 9.75. The minimum atomic E-state index is -0.507. The van der Waals surface area contributed by atoms with Gasteiger partial charge in [0.2, 0.25) is 0 Å². The Morgan fingerprint density at radius 2 is 2.10 bits per heavy atom. The second-order valence-corrected chi connectivity index (χ2v) is 9.73. The molecule has 0 fully saturated rings. The van der Waals surface area contributed by atoms with E-state index in [9.17, 15) is 9.59 Å². The van der Waals surface area contributed by atoms with E-state index in [0.29, 0.717) is 23.0 Å². The van der Waals surface area contributed by atoms with E-state index >= 15 is 0 Å². The summed E-state index contributed by atoms with van der Waals surface area (Å²) in [5.41, 5.74) is 2.72. The molecule has 1 aliphatic heterocycles. The summed E-state index contributed by atoms with van der Waals surface area (Å²) in [6, 6.07) is 11.2. The Kier molecular flexibility index (Phi) is 5.29. The van der Waals surface area contributed by atoms with Crippen molar-refractivity contribution in [2.75, 3.05) is 13.2 Å². The number of para-hydroxylation sites is 1. The molecule has 5 rings (SSSR count). The van der Waals surface area contributed by atoms with Gasteiger partial charge in [-0.1, -0.05) is 23.7 Å². The van der Waals surface area contributed by atoms with E-state index in [2.05, 4.69) is 5.10 Å². The van der Waals surface area contributed by atoms with E-state index in [-0.39, 0.29) is 12.5 Å². The number of carbonyl (C=O) groups is 2. The Labute approximate surface area is 191 Å². The van der Waals surface area contributed by atoms with E-state index in [1.54, 1.807) is 33.1 Å². The lowest BCUT2D eigenvalue weighted by Crippen LogP contribution is -2.38. The fourth-order valence-electron chi connectivity index (χ4n) is 3.69. The van der Waals surface area contributed by atoms with Crippen LogP contribution in [0.25, 0.3) is 15.9 Å². The molecule has 9 heteroatoms. The summed E-state index contributed by atoms with van der Waals surface area (Å²) < 4.78 is 7.09. The summed E-state index contributed by atoms with van der Waals surface area (Å²) in [5, 5.41) is 8.05. The molecule has 0 saturated carbocycles. The summed E-state index contributed by atoms with van der Waals surface area (Å²) in [5.74, 6) is -0.683.